The average molecular weight is 388 g/mol. The quantitative estimate of drug-likeness (QED) is 0.598. The van der Waals surface area contributed by atoms with Gasteiger partial charge in [-0.05, 0) is 42.0 Å². The molecule has 0 aliphatic heterocycles. The Bertz CT molecular complexity index is 903. The largest absolute Gasteiger partial charge is 0.390 e. The van der Waals surface area contributed by atoms with E-state index in [9.17, 15) is 9.50 Å². The standard InChI is InChI=1S/C19H21FN4O2S/c1-13-7-8-18(14(2)9-13)24-19(21-22-23-24)27-12-16(25)11-26-10-15-5-3-4-6-17(15)20/h3-9,16,25H,10-12H2,1-2H3/t16-/m1/s1. The lowest BCUT2D eigenvalue weighted by Crippen LogP contribution is -2.18. The minimum Gasteiger partial charge on any atom is -0.390 e. The van der Waals surface area contributed by atoms with E-state index >= 15 is 0 Å². The summed E-state index contributed by atoms with van der Waals surface area (Å²) in [6.07, 6.45) is -0.717. The molecular formula is C19H21FN4O2S. The Balaban J connectivity index is 1.53. The number of hydrogen-bond acceptors (Lipinski definition) is 6. The number of thioether (sulfide) groups is 1. The molecule has 1 atom stereocenters. The van der Waals surface area contributed by atoms with Gasteiger partial charge in [-0.1, -0.05) is 47.7 Å². The van der Waals surface area contributed by atoms with Crippen LogP contribution in [-0.4, -0.2) is 43.8 Å². The van der Waals surface area contributed by atoms with Gasteiger partial charge in [-0.2, -0.15) is 4.68 Å². The molecule has 0 unspecified atom stereocenters. The monoisotopic (exact) mass is 388 g/mol. The molecule has 0 spiro atoms. The third-order valence-corrected chi connectivity index (χ3v) is 5.02. The third kappa shape index (κ3) is 5.12. The van der Waals surface area contributed by atoms with Gasteiger partial charge in [0.2, 0.25) is 5.16 Å². The van der Waals surface area contributed by atoms with Gasteiger partial charge in [0.15, 0.2) is 0 Å². The molecule has 0 radical (unpaired) electrons. The number of rotatable bonds is 8. The van der Waals surface area contributed by atoms with Crippen molar-refractivity contribution in [3.8, 4) is 5.69 Å². The number of aryl methyl sites for hydroxylation is 2. The lowest BCUT2D eigenvalue weighted by atomic mass is 10.1. The molecule has 0 bridgehead atoms. The van der Waals surface area contributed by atoms with Gasteiger partial charge < -0.3 is 9.84 Å². The average Bonchev–Trinajstić information content (AvgIpc) is 3.10. The van der Waals surface area contributed by atoms with Crippen molar-refractivity contribution in [3.63, 3.8) is 0 Å². The first-order chi connectivity index (χ1) is 13.0. The van der Waals surface area contributed by atoms with E-state index in [-0.39, 0.29) is 19.0 Å². The Morgan fingerprint density at radius 3 is 2.81 bits per heavy atom. The lowest BCUT2D eigenvalue weighted by Gasteiger charge is -2.12. The number of tetrazole rings is 1. The molecule has 0 aliphatic carbocycles. The molecule has 142 valence electrons. The molecule has 1 heterocycles. The summed E-state index contributed by atoms with van der Waals surface area (Å²) in [4.78, 5) is 0. The molecule has 0 saturated heterocycles. The Morgan fingerprint density at radius 1 is 1.22 bits per heavy atom. The highest BCUT2D eigenvalue weighted by molar-refractivity contribution is 7.99. The van der Waals surface area contributed by atoms with E-state index in [0.29, 0.717) is 16.5 Å². The first kappa shape index (κ1) is 19.5. The van der Waals surface area contributed by atoms with Crippen LogP contribution >= 0.6 is 11.8 Å². The zero-order valence-electron chi connectivity index (χ0n) is 15.2. The van der Waals surface area contributed by atoms with E-state index in [0.717, 1.165) is 11.3 Å². The van der Waals surface area contributed by atoms with Crippen molar-refractivity contribution in [3.05, 3.63) is 65.0 Å². The van der Waals surface area contributed by atoms with Crippen LogP contribution in [0.15, 0.2) is 47.6 Å². The zero-order valence-corrected chi connectivity index (χ0v) is 16.0. The van der Waals surface area contributed by atoms with Crippen molar-refractivity contribution < 1.29 is 14.2 Å². The maximum absolute atomic E-state index is 13.5. The molecule has 3 aromatic rings. The molecule has 0 saturated carbocycles. The van der Waals surface area contributed by atoms with Gasteiger partial charge in [0.25, 0.3) is 0 Å². The maximum atomic E-state index is 13.5. The van der Waals surface area contributed by atoms with Crippen LogP contribution in [0.3, 0.4) is 0 Å². The second-order valence-electron chi connectivity index (χ2n) is 6.23. The first-order valence-corrected chi connectivity index (χ1v) is 9.51. The normalized spacial score (nSPS) is 12.3. The van der Waals surface area contributed by atoms with Crippen LogP contribution in [0.4, 0.5) is 4.39 Å². The minimum atomic E-state index is -0.717. The van der Waals surface area contributed by atoms with Crippen LogP contribution in [0.2, 0.25) is 0 Å². The molecule has 3 rings (SSSR count). The van der Waals surface area contributed by atoms with Crippen molar-refractivity contribution >= 4 is 11.8 Å². The van der Waals surface area contributed by atoms with Crippen molar-refractivity contribution in [2.45, 2.75) is 31.7 Å². The fourth-order valence-electron chi connectivity index (χ4n) is 2.60. The summed E-state index contributed by atoms with van der Waals surface area (Å²) < 4.78 is 20.6. The minimum absolute atomic E-state index is 0.104. The van der Waals surface area contributed by atoms with Gasteiger partial charge in [-0.3, -0.25) is 0 Å². The molecule has 8 heteroatoms. The summed E-state index contributed by atoms with van der Waals surface area (Å²) in [6.45, 7) is 4.26. The Labute approximate surface area is 161 Å². The van der Waals surface area contributed by atoms with E-state index in [1.807, 2.05) is 26.0 Å². The van der Waals surface area contributed by atoms with E-state index in [4.69, 9.17) is 4.74 Å². The summed E-state index contributed by atoms with van der Waals surface area (Å²) >= 11 is 1.34. The number of ether oxygens (including phenoxy) is 1. The van der Waals surface area contributed by atoms with Crippen molar-refractivity contribution in [1.82, 2.24) is 20.2 Å². The molecule has 1 N–H and O–H groups in total. The van der Waals surface area contributed by atoms with Crippen LogP contribution in [0, 0.1) is 19.7 Å². The van der Waals surface area contributed by atoms with Crippen molar-refractivity contribution in [2.24, 2.45) is 0 Å². The van der Waals surface area contributed by atoms with Gasteiger partial charge >= 0.3 is 0 Å². The maximum Gasteiger partial charge on any atom is 0.214 e. The smallest absolute Gasteiger partial charge is 0.214 e. The highest BCUT2D eigenvalue weighted by Gasteiger charge is 2.14. The van der Waals surface area contributed by atoms with Crippen LogP contribution in [0.1, 0.15) is 16.7 Å². The molecule has 0 fully saturated rings. The Morgan fingerprint density at radius 2 is 2.04 bits per heavy atom. The summed E-state index contributed by atoms with van der Waals surface area (Å²) in [5.74, 6) is 0.0525. The van der Waals surface area contributed by atoms with E-state index < -0.39 is 6.10 Å². The number of aromatic nitrogens is 4. The molecular weight excluding hydrogens is 367 g/mol. The first-order valence-electron chi connectivity index (χ1n) is 8.52. The summed E-state index contributed by atoms with van der Waals surface area (Å²) in [7, 11) is 0. The second-order valence-corrected chi connectivity index (χ2v) is 7.22. The molecule has 0 aliphatic rings. The highest BCUT2D eigenvalue weighted by atomic mass is 32.2. The van der Waals surface area contributed by atoms with Gasteiger partial charge in [0, 0.05) is 11.3 Å². The number of aliphatic hydroxyl groups is 1. The predicted octanol–water partition coefficient (Wildman–Crippen LogP) is 3.09. The number of benzene rings is 2. The topological polar surface area (TPSA) is 73.1 Å². The Kier molecular flexibility index (Phi) is 6.54. The number of nitrogens with zero attached hydrogens (tertiary/aromatic N) is 4. The molecule has 1 aromatic heterocycles. The number of halogens is 1. The van der Waals surface area contributed by atoms with Crippen molar-refractivity contribution in [2.75, 3.05) is 12.4 Å². The van der Waals surface area contributed by atoms with Gasteiger partial charge in [0.1, 0.15) is 5.82 Å². The highest BCUT2D eigenvalue weighted by Crippen LogP contribution is 2.22. The van der Waals surface area contributed by atoms with Crippen LogP contribution in [-0.2, 0) is 11.3 Å². The van der Waals surface area contributed by atoms with E-state index in [1.54, 1.807) is 22.9 Å². The zero-order chi connectivity index (χ0) is 19.2. The fraction of sp³-hybridized carbons (Fsp3) is 0.316. The van der Waals surface area contributed by atoms with Crippen LogP contribution in [0.5, 0.6) is 0 Å². The van der Waals surface area contributed by atoms with Crippen LogP contribution < -0.4 is 0 Å². The van der Waals surface area contributed by atoms with Gasteiger partial charge in [0.05, 0.1) is 25.0 Å². The fourth-order valence-corrected chi connectivity index (χ4v) is 3.39. The number of aliphatic hydroxyl groups excluding tert-OH is 1. The van der Waals surface area contributed by atoms with E-state index in [1.165, 1.54) is 23.4 Å². The SMILES string of the molecule is Cc1ccc(-n2nnnc2SC[C@H](O)COCc2ccccc2F)c(C)c1. The van der Waals surface area contributed by atoms with Gasteiger partial charge in [-0.15, -0.1) is 5.10 Å². The second kappa shape index (κ2) is 9.07. The third-order valence-electron chi connectivity index (χ3n) is 3.95. The van der Waals surface area contributed by atoms with E-state index in [2.05, 4.69) is 21.6 Å². The number of hydrogen-bond donors (Lipinski definition) is 1. The van der Waals surface area contributed by atoms with Gasteiger partial charge in [-0.25, -0.2) is 4.39 Å². The summed E-state index contributed by atoms with van der Waals surface area (Å²) in [5, 5.41) is 22.5. The molecule has 2 aromatic carbocycles. The van der Waals surface area contributed by atoms with Crippen LogP contribution in [0.25, 0.3) is 5.69 Å². The molecule has 27 heavy (non-hydrogen) atoms. The predicted molar refractivity (Wildman–Crippen MR) is 101 cm³/mol. The summed E-state index contributed by atoms with van der Waals surface area (Å²) in [5.41, 5.74) is 3.61. The lowest BCUT2D eigenvalue weighted by molar-refractivity contribution is 0.0386. The molecule has 0 amide bonds. The van der Waals surface area contributed by atoms with Crippen molar-refractivity contribution in [1.29, 1.82) is 0 Å². The summed E-state index contributed by atoms with van der Waals surface area (Å²) in [6, 6.07) is 12.5. The Hall–Kier alpha value is -2.29. The molecule has 6 nitrogen and oxygen atoms in total.